The zero-order valence-corrected chi connectivity index (χ0v) is 12.9. The van der Waals surface area contributed by atoms with Crippen LogP contribution in [0.2, 0.25) is 0 Å². The Morgan fingerprint density at radius 1 is 1.28 bits per heavy atom. The molecule has 4 nitrogen and oxygen atoms in total. The molecular formula is C12H20N2O2S2. The molecule has 1 aromatic carbocycles. The normalized spacial score (nSPS) is 12.1. The molecule has 0 aromatic heterocycles. The number of hydrogen-bond donors (Lipinski definition) is 1. The summed E-state index contributed by atoms with van der Waals surface area (Å²) in [7, 11) is -1.91. The van der Waals surface area contributed by atoms with Crippen molar-refractivity contribution in [1.29, 1.82) is 0 Å². The van der Waals surface area contributed by atoms with Crippen LogP contribution in [0.1, 0.15) is 11.1 Å². The van der Waals surface area contributed by atoms with Gasteiger partial charge >= 0.3 is 0 Å². The molecule has 18 heavy (non-hydrogen) atoms. The van der Waals surface area contributed by atoms with E-state index < -0.39 is 10.0 Å². The minimum absolute atomic E-state index is 0.242. The number of thioether (sulfide) groups is 1. The van der Waals surface area contributed by atoms with E-state index in [1.54, 1.807) is 31.8 Å². The van der Waals surface area contributed by atoms with E-state index in [1.165, 1.54) is 4.31 Å². The summed E-state index contributed by atoms with van der Waals surface area (Å²) in [5.41, 5.74) is 7.76. The van der Waals surface area contributed by atoms with Crippen LogP contribution in [0.5, 0.6) is 0 Å². The monoisotopic (exact) mass is 288 g/mol. The van der Waals surface area contributed by atoms with Gasteiger partial charge in [0.1, 0.15) is 4.90 Å². The molecule has 0 atom stereocenters. The highest BCUT2D eigenvalue weighted by molar-refractivity contribution is 7.98. The molecule has 0 aliphatic heterocycles. The summed E-state index contributed by atoms with van der Waals surface area (Å²) in [5.74, 6) is 0.764. The number of rotatable bonds is 5. The Bertz CT molecular complexity index is 527. The van der Waals surface area contributed by atoms with E-state index in [4.69, 9.17) is 5.73 Å². The summed E-state index contributed by atoms with van der Waals surface area (Å²) in [4.78, 5) is 0.242. The Morgan fingerprint density at radius 3 is 2.39 bits per heavy atom. The van der Waals surface area contributed by atoms with Gasteiger partial charge in [-0.2, -0.15) is 11.8 Å². The molecule has 0 aliphatic carbocycles. The van der Waals surface area contributed by atoms with Gasteiger partial charge < -0.3 is 5.73 Å². The number of nitrogen functional groups attached to an aromatic ring is 1. The third-order valence-electron chi connectivity index (χ3n) is 2.89. The van der Waals surface area contributed by atoms with Gasteiger partial charge in [0.15, 0.2) is 0 Å². The smallest absolute Gasteiger partial charge is 0.245 e. The summed E-state index contributed by atoms with van der Waals surface area (Å²) in [5, 5.41) is 0. The van der Waals surface area contributed by atoms with E-state index in [-0.39, 0.29) is 4.90 Å². The molecule has 2 N–H and O–H groups in total. The lowest BCUT2D eigenvalue weighted by atomic mass is 10.1. The first-order valence-corrected chi connectivity index (χ1v) is 8.46. The van der Waals surface area contributed by atoms with Crippen molar-refractivity contribution < 1.29 is 8.42 Å². The quantitative estimate of drug-likeness (QED) is 0.840. The first kappa shape index (κ1) is 15.3. The van der Waals surface area contributed by atoms with Crippen LogP contribution in [0.15, 0.2) is 17.0 Å². The molecule has 0 amide bonds. The van der Waals surface area contributed by atoms with Gasteiger partial charge in [-0.05, 0) is 31.2 Å². The predicted octanol–water partition coefficient (Wildman–Crippen LogP) is 1.87. The standard InChI is InChI=1S/C12H20N2O2S2/c1-9-5-6-10(2)12(11(9)13)18(15,16)14(3)7-8-17-4/h5-6H,7-8,13H2,1-4H3. The van der Waals surface area contributed by atoms with Crippen LogP contribution in [-0.4, -0.2) is 38.3 Å². The molecule has 0 saturated heterocycles. The predicted molar refractivity (Wildman–Crippen MR) is 78.5 cm³/mol. The fraction of sp³-hybridized carbons (Fsp3) is 0.500. The molecule has 0 bridgehead atoms. The third kappa shape index (κ3) is 2.99. The van der Waals surface area contributed by atoms with Crippen molar-refractivity contribution in [3.63, 3.8) is 0 Å². The molecule has 0 radical (unpaired) electrons. The number of sulfonamides is 1. The second-order valence-corrected chi connectivity index (χ2v) is 7.23. The maximum Gasteiger partial charge on any atom is 0.245 e. The average molecular weight is 288 g/mol. The number of aryl methyl sites for hydroxylation is 2. The number of hydrogen-bond acceptors (Lipinski definition) is 4. The van der Waals surface area contributed by atoms with Crippen molar-refractivity contribution in [3.05, 3.63) is 23.3 Å². The van der Waals surface area contributed by atoms with Crippen LogP contribution in [0, 0.1) is 13.8 Å². The largest absolute Gasteiger partial charge is 0.397 e. The SMILES string of the molecule is CSCCN(C)S(=O)(=O)c1c(C)ccc(C)c1N. The van der Waals surface area contributed by atoms with E-state index in [0.717, 1.165) is 11.3 Å². The summed E-state index contributed by atoms with van der Waals surface area (Å²) in [6.07, 6.45) is 1.95. The molecule has 0 heterocycles. The molecule has 1 rings (SSSR count). The summed E-state index contributed by atoms with van der Waals surface area (Å²) < 4.78 is 26.3. The Morgan fingerprint density at radius 2 is 1.83 bits per heavy atom. The van der Waals surface area contributed by atoms with Crippen molar-refractivity contribution >= 4 is 27.5 Å². The minimum Gasteiger partial charge on any atom is -0.397 e. The lowest BCUT2D eigenvalue weighted by Crippen LogP contribution is -2.30. The highest BCUT2D eigenvalue weighted by Crippen LogP contribution is 2.28. The third-order valence-corrected chi connectivity index (χ3v) is 5.54. The summed E-state index contributed by atoms with van der Waals surface area (Å²) in [6.45, 7) is 4.07. The van der Waals surface area contributed by atoms with Crippen molar-refractivity contribution in [2.24, 2.45) is 0 Å². The van der Waals surface area contributed by atoms with Gasteiger partial charge in [0.2, 0.25) is 10.0 Å². The van der Waals surface area contributed by atoms with Gasteiger partial charge in [0.25, 0.3) is 0 Å². The van der Waals surface area contributed by atoms with Crippen LogP contribution in [-0.2, 0) is 10.0 Å². The number of benzene rings is 1. The fourth-order valence-corrected chi connectivity index (χ4v) is 3.77. The van der Waals surface area contributed by atoms with Gasteiger partial charge in [-0.25, -0.2) is 12.7 Å². The molecule has 102 valence electrons. The van der Waals surface area contributed by atoms with Crippen molar-refractivity contribution in [2.45, 2.75) is 18.7 Å². The molecule has 0 fully saturated rings. The Kier molecular flexibility index (Phi) is 5.07. The van der Waals surface area contributed by atoms with Crippen LogP contribution >= 0.6 is 11.8 Å². The van der Waals surface area contributed by atoms with E-state index in [0.29, 0.717) is 17.8 Å². The molecule has 0 saturated carbocycles. The first-order valence-electron chi connectivity index (χ1n) is 5.63. The van der Waals surface area contributed by atoms with Gasteiger partial charge in [0, 0.05) is 19.3 Å². The molecule has 1 aromatic rings. The van der Waals surface area contributed by atoms with Crippen molar-refractivity contribution in [2.75, 3.05) is 31.3 Å². The number of anilines is 1. The van der Waals surface area contributed by atoms with Gasteiger partial charge in [0.05, 0.1) is 5.69 Å². The van der Waals surface area contributed by atoms with Gasteiger partial charge in [-0.3, -0.25) is 0 Å². The molecule has 6 heteroatoms. The molecular weight excluding hydrogens is 268 g/mol. The second kappa shape index (κ2) is 5.95. The summed E-state index contributed by atoms with van der Waals surface area (Å²) in [6, 6.07) is 3.63. The molecule has 0 aliphatic rings. The number of nitrogens with two attached hydrogens (primary N) is 1. The lowest BCUT2D eigenvalue weighted by Gasteiger charge is -2.20. The van der Waals surface area contributed by atoms with Gasteiger partial charge in [-0.15, -0.1) is 0 Å². The molecule has 0 spiro atoms. The van der Waals surface area contributed by atoms with Crippen molar-refractivity contribution in [1.82, 2.24) is 4.31 Å². The second-order valence-electron chi connectivity index (χ2n) is 4.26. The van der Waals surface area contributed by atoms with E-state index in [9.17, 15) is 8.42 Å². The maximum atomic E-state index is 12.5. The average Bonchev–Trinajstić information content (AvgIpc) is 2.31. The topological polar surface area (TPSA) is 63.4 Å². The Labute approximate surface area is 114 Å². The van der Waals surface area contributed by atoms with E-state index in [1.807, 2.05) is 19.2 Å². The first-order chi connectivity index (χ1) is 8.32. The minimum atomic E-state index is -3.50. The summed E-state index contributed by atoms with van der Waals surface area (Å²) >= 11 is 1.62. The maximum absolute atomic E-state index is 12.5. The van der Waals surface area contributed by atoms with Crippen LogP contribution in [0.25, 0.3) is 0 Å². The van der Waals surface area contributed by atoms with Crippen LogP contribution in [0.4, 0.5) is 5.69 Å². The molecule has 0 unspecified atom stereocenters. The fourth-order valence-electron chi connectivity index (χ4n) is 1.65. The Hall–Kier alpha value is -0.720. The van der Waals surface area contributed by atoms with Crippen LogP contribution in [0.3, 0.4) is 0 Å². The lowest BCUT2D eigenvalue weighted by molar-refractivity contribution is 0.488. The number of nitrogens with zero attached hydrogens (tertiary/aromatic N) is 1. The highest BCUT2D eigenvalue weighted by atomic mass is 32.2. The zero-order valence-electron chi connectivity index (χ0n) is 11.2. The zero-order chi connectivity index (χ0) is 13.9. The van der Waals surface area contributed by atoms with Crippen molar-refractivity contribution in [3.8, 4) is 0 Å². The van der Waals surface area contributed by atoms with E-state index in [2.05, 4.69) is 0 Å². The van der Waals surface area contributed by atoms with Crippen LogP contribution < -0.4 is 5.73 Å². The Balaban J connectivity index is 3.24. The highest BCUT2D eigenvalue weighted by Gasteiger charge is 2.25. The van der Waals surface area contributed by atoms with Gasteiger partial charge in [-0.1, -0.05) is 12.1 Å². The van der Waals surface area contributed by atoms with E-state index >= 15 is 0 Å².